The zero-order chi connectivity index (χ0) is 16.1. The summed E-state index contributed by atoms with van der Waals surface area (Å²) < 4.78 is 19.7. The van der Waals surface area contributed by atoms with Crippen LogP contribution in [0.3, 0.4) is 0 Å². The Morgan fingerprint density at radius 1 is 1.50 bits per heavy atom. The van der Waals surface area contributed by atoms with E-state index in [1.807, 2.05) is 13.8 Å². The number of nitrogens with two attached hydrogens (primary N) is 1. The molecule has 1 aromatic rings. The fraction of sp³-hybridized carbons (Fsp3) is 0.562. The molecular formula is C16H20BrFN2O2. The average Bonchev–Trinajstić information content (AvgIpc) is 2.50. The zero-order valence-corrected chi connectivity index (χ0v) is 14.2. The largest absolute Gasteiger partial charge is 0.377 e. The van der Waals surface area contributed by atoms with E-state index in [0.717, 1.165) is 19.4 Å². The molecule has 0 spiro atoms. The van der Waals surface area contributed by atoms with Crippen molar-refractivity contribution in [3.05, 3.63) is 28.5 Å². The summed E-state index contributed by atoms with van der Waals surface area (Å²) in [5.74, 6) is -0.682. The third-order valence-electron chi connectivity index (χ3n) is 5.24. The highest BCUT2D eigenvalue weighted by Crippen LogP contribution is 2.57. The molecule has 1 saturated carbocycles. The Bertz CT molecular complexity index is 622. The first-order valence-electron chi connectivity index (χ1n) is 7.45. The molecule has 3 atom stereocenters. The molecular weight excluding hydrogens is 351 g/mol. The summed E-state index contributed by atoms with van der Waals surface area (Å²) >= 11 is 3.09. The van der Waals surface area contributed by atoms with Gasteiger partial charge in [-0.25, -0.2) is 4.39 Å². The summed E-state index contributed by atoms with van der Waals surface area (Å²) in [5.41, 5.74) is 5.46. The molecule has 1 amide bonds. The van der Waals surface area contributed by atoms with Gasteiger partial charge in [-0.05, 0) is 47.0 Å². The molecule has 2 fully saturated rings. The van der Waals surface area contributed by atoms with Gasteiger partial charge in [0.15, 0.2) is 0 Å². The Kier molecular flexibility index (Phi) is 3.82. The maximum absolute atomic E-state index is 13.6. The Labute approximate surface area is 137 Å². The number of hydrogen-bond donors (Lipinski definition) is 2. The van der Waals surface area contributed by atoms with Crippen molar-refractivity contribution in [1.29, 1.82) is 0 Å². The molecule has 1 saturated heterocycles. The van der Waals surface area contributed by atoms with E-state index < -0.39 is 16.8 Å². The van der Waals surface area contributed by atoms with Gasteiger partial charge in [0, 0.05) is 23.6 Å². The number of fused-ring (bicyclic) bond motifs is 1. The van der Waals surface area contributed by atoms with Gasteiger partial charge in [0.05, 0.1) is 10.6 Å². The first-order valence-corrected chi connectivity index (χ1v) is 8.25. The van der Waals surface area contributed by atoms with Gasteiger partial charge >= 0.3 is 0 Å². The average molecular weight is 371 g/mol. The number of rotatable bonds is 2. The molecule has 1 aliphatic carbocycles. The van der Waals surface area contributed by atoms with E-state index >= 15 is 0 Å². The molecule has 1 heterocycles. The number of benzene rings is 1. The van der Waals surface area contributed by atoms with Gasteiger partial charge < -0.3 is 15.8 Å². The van der Waals surface area contributed by atoms with Crippen molar-refractivity contribution in [3.8, 4) is 0 Å². The van der Waals surface area contributed by atoms with E-state index in [0.29, 0.717) is 10.2 Å². The number of carbonyl (C=O) groups is 1. The fourth-order valence-electron chi connectivity index (χ4n) is 3.85. The van der Waals surface area contributed by atoms with E-state index in [1.54, 1.807) is 12.1 Å². The van der Waals surface area contributed by atoms with Crippen LogP contribution in [-0.2, 0) is 9.53 Å². The van der Waals surface area contributed by atoms with Gasteiger partial charge in [0.2, 0.25) is 5.91 Å². The second-order valence-corrected chi connectivity index (χ2v) is 7.57. The Morgan fingerprint density at radius 3 is 2.91 bits per heavy atom. The van der Waals surface area contributed by atoms with E-state index in [-0.39, 0.29) is 17.9 Å². The van der Waals surface area contributed by atoms with Crippen molar-refractivity contribution in [3.63, 3.8) is 0 Å². The van der Waals surface area contributed by atoms with Crippen LogP contribution in [0.25, 0.3) is 0 Å². The van der Waals surface area contributed by atoms with Crippen molar-refractivity contribution < 1.29 is 13.9 Å². The van der Waals surface area contributed by atoms with Crippen molar-refractivity contribution in [1.82, 2.24) is 0 Å². The third-order valence-corrected chi connectivity index (χ3v) is 5.88. The van der Waals surface area contributed by atoms with E-state index in [4.69, 9.17) is 10.5 Å². The monoisotopic (exact) mass is 370 g/mol. The summed E-state index contributed by atoms with van der Waals surface area (Å²) in [6.45, 7) is 4.64. The lowest BCUT2D eigenvalue weighted by molar-refractivity contribution is -0.222. The first-order chi connectivity index (χ1) is 10.3. The number of ether oxygens (including phenoxy) is 1. The topological polar surface area (TPSA) is 64.3 Å². The van der Waals surface area contributed by atoms with Crippen LogP contribution in [0.15, 0.2) is 22.7 Å². The lowest BCUT2D eigenvalue weighted by Gasteiger charge is -2.65. The number of amides is 1. The van der Waals surface area contributed by atoms with Gasteiger partial charge in [-0.2, -0.15) is 0 Å². The van der Waals surface area contributed by atoms with Crippen LogP contribution in [0.5, 0.6) is 0 Å². The van der Waals surface area contributed by atoms with Crippen LogP contribution in [0, 0.1) is 17.2 Å². The van der Waals surface area contributed by atoms with Crippen LogP contribution in [-0.4, -0.2) is 24.2 Å². The molecule has 6 heteroatoms. The fourth-order valence-corrected chi connectivity index (χ4v) is 4.09. The predicted octanol–water partition coefficient (Wildman–Crippen LogP) is 3.06. The predicted molar refractivity (Wildman–Crippen MR) is 85.9 cm³/mol. The number of hydrogen-bond acceptors (Lipinski definition) is 3. The minimum Gasteiger partial charge on any atom is -0.377 e. The molecule has 3 rings (SSSR count). The highest BCUT2D eigenvalue weighted by atomic mass is 79.9. The normalized spacial score (nSPS) is 32.8. The van der Waals surface area contributed by atoms with Gasteiger partial charge in [-0.1, -0.05) is 13.8 Å². The summed E-state index contributed by atoms with van der Waals surface area (Å²) in [5, 5.41) is 2.76. The van der Waals surface area contributed by atoms with E-state index in [1.165, 1.54) is 6.07 Å². The van der Waals surface area contributed by atoms with Crippen molar-refractivity contribution in [2.45, 2.75) is 38.3 Å². The van der Waals surface area contributed by atoms with Crippen LogP contribution in [0.4, 0.5) is 10.1 Å². The maximum Gasteiger partial charge on any atom is 0.245 e. The number of carbonyl (C=O) groups excluding carboxylic acids is 1. The van der Waals surface area contributed by atoms with E-state index in [9.17, 15) is 9.18 Å². The second-order valence-electron chi connectivity index (χ2n) is 6.71. The number of halogens is 2. The first kappa shape index (κ1) is 15.9. The highest BCUT2D eigenvalue weighted by Gasteiger charge is 2.70. The molecule has 22 heavy (non-hydrogen) atoms. The van der Waals surface area contributed by atoms with Crippen LogP contribution in [0.1, 0.15) is 26.7 Å². The van der Waals surface area contributed by atoms with Gasteiger partial charge in [-0.3, -0.25) is 4.79 Å². The third kappa shape index (κ3) is 2.12. The summed E-state index contributed by atoms with van der Waals surface area (Å²) in [6, 6.07) is 4.49. The zero-order valence-electron chi connectivity index (χ0n) is 12.7. The van der Waals surface area contributed by atoms with Gasteiger partial charge in [-0.15, -0.1) is 0 Å². The molecule has 3 N–H and O–H groups in total. The minimum absolute atomic E-state index is 0.0107. The van der Waals surface area contributed by atoms with Gasteiger partial charge in [0.1, 0.15) is 11.4 Å². The quantitative estimate of drug-likeness (QED) is 0.840. The standard InChI is InChI=1S/C16H20BrFN2O2/c1-15(2)13-10(4-3-7-22-13)16(15,19)14(21)20-9-5-6-11(17)12(18)8-9/h5-6,8,10,13H,3-4,7,19H2,1-2H3,(H,20,21). The molecule has 120 valence electrons. The molecule has 1 aromatic carbocycles. The molecule has 2 aliphatic rings. The lowest BCUT2D eigenvalue weighted by atomic mass is 9.46. The van der Waals surface area contributed by atoms with Crippen LogP contribution in [0.2, 0.25) is 0 Å². The number of anilines is 1. The van der Waals surface area contributed by atoms with Crippen molar-refractivity contribution in [2.24, 2.45) is 17.1 Å². The molecule has 0 radical (unpaired) electrons. The van der Waals surface area contributed by atoms with Crippen LogP contribution < -0.4 is 11.1 Å². The maximum atomic E-state index is 13.6. The Morgan fingerprint density at radius 2 is 2.23 bits per heavy atom. The Hall–Kier alpha value is -0.980. The smallest absolute Gasteiger partial charge is 0.245 e. The summed E-state index contributed by atoms with van der Waals surface area (Å²) in [4.78, 5) is 12.8. The molecule has 0 bridgehead atoms. The van der Waals surface area contributed by atoms with Gasteiger partial charge in [0.25, 0.3) is 0 Å². The summed E-state index contributed by atoms with van der Waals surface area (Å²) in [6.07, 6.45) is 1.81. The Balaban J connectivity index is 1.83. The van der Waals surface area contributed by atoms with Crippen molar-refractivity contribution in [2.75, 3.05) is 11.9 Å². The second kappa shape index (κ2) is 5.28. The lowest BCUT2D eigenvalue weighted by Crippen LogP contribution is -2.81. The molecule has 1 aliphatic heterocycles. The minimum atomic E-state index is -0.998. The molecule has 3 unspecified atom stereocenters. The number of nitrogens with one attached hydrogen (secondary N) is 1. The van der Waals surface area contributed by atoms with E-state index in [2.05, 4.69) is 21.2 Å². The van der Waals surface area contributed by atoms with Crippen LogP contribution >= 0.6 is 15.9 Å². The molecule has 4 nitrogen and oxygen atoms in total. The molecule has 0 aromatic heterocycles. The van der Waals surface area contributed by atoms with Crippen molar-refractivity contribution >= 4 is 27.5 Å². The highest BCUT2D eigenvalue weighted by molar-refractivity contribution is 9.10. The SMILES string of the molecule is CC1(C)C2OCCCC2C1(N)C(=O)Nc1ccc(Br)c(F)c1. The summed E-state index contributed by atoms with van der Waals surface area (Å²) in [7, 11) is 0.